The van der Waals surface area contributed by atoms with Crippen molar-refractivity contribution in [1.82, 2.24) is 60.4 Å². The van der Waals surface area contributed by atoms with Crippen LogP contribution in [0.3, 0.4) is 0 Å². The molecule has 4 N–H and O–H groups in total. The summed E-state index contributed by atoms with van der Waals surface area (Å²) >= 11 is 0. The average molecular weight is 1280 g/mol. The molecular formula is C74H114N12O7. The van der Waals surface area contributed by atoms with Crippen LogP contribution in [-0.4, -0.2) is 121 Å². The largest absolute Gasteiger partial charge is 0.453 e. The minimum absolute atomic E-state index is 0.0568. The molecule has 0 spiro atoms. The van der Waals surface area contributed by atoms with Gasteiger partial charge in [-0.1, -0.05) is 120 Å². The molecule has 3 aliphatic heterocycles. The first-order chi connectivity index (χ1) is 44.4. The molecule has 3 aromatic heterocycles. The molecular weight excluding hydrogens is 1170 g/mol. The molecule has 9 saturated carbocycles. The highest BCUT2D eigenvalue weighted by atomic mass is 16.6. The zero-order valence-corrected chi connectivity index (χ0v) is 58.7. The maximum absolute atomic E-state index is 13.8. The van der Waals surface area contributed by atoms with Gasteiger partial charge in [0.1, 0.15) is 0 Å². The topological polar surface area (TPSA) is 212 Å². The molecule has 6 heterocycles. The fraction of sp³-hybridized carbons (Fsp3) is 0.811. The van der Waals surface area contributed by atoms with E-state index < -0.39 is 0 Å². The molecule has 9 unspecified atom stereocenters. The molecule has 0 saturated heterocycles. The fourth-order valence-corrected chi connectivity index (χ4v) is 21.9. The third kappa shape index (κ3) is 11.9. The number of ether oxygens (including phenoxy) is 2. The number of nitrogens with one attached hydrogen (secondary N) is 4. The van der Waals surface area contributed by atoms with Crippen LogP contribution in [0.5, 0.6) is 0 Å². The van der Waals surface area contributed by atoms with Crippen LogP contribution in [0.2, 0.25) is 0 Å². The molecule has 9 aliphatic carbocycles. The minimum atomic E-state index is -0.339. The first-order valence-electron chi connectivity index (χ1n) is 37.1. The van der Waals surface area contributed by atoms with Crippen LogP contribution in [0.15, 0.2) is 0 Å². The van der Waals surface area contributed by atoms with E-state index >= 15 is 0 Å². The molecule has 512 valence electrons. The van der Waals surface area contributed by atoms with Crippen LogP contribution in [0, 0.1) is 50.2 Å². The van der Waals surface area contributed by atoms with Gasteiger partial charge in [-0.15, -0.1) is 0 Å². The average Bonchev–Trinajstić information content (AvgIpc) is 1.59. The third-order valence-electron chi connectivity index (χ3n) is 27.1. The number of methoxy groups -OCH3 is 1. The molecule has 19 nitrogen and oxygen atoms in total. The van der Waals surface area contributed by atoms with E-state index in [2.05, 4.69) is 97.6 Å². The summed E-state index contributed by atoms with van der Waals surface area (Å²) in [5, 5.41) is 28.7. The Morgan fingerprint density at radius 2 is 0.817 bits per heavy atom. The van der Waals surface area contributed by atoms with E-state index in [9.17, 15) is 24.0 Å². The molecule has 0 radical (unpaired) electrons. The second-order valence-electron chi connectivity index (χ2n) is 33.9. The van der Waals surface area contributed by atoms with Gasteiger partial charge in [-0.25, -0.2) is 9.59 Å². The summed E-state index contributed by atoms with van der Waals surface area (Å²) in [6, 6.07) is 1.75. The molecule has 9 atom stereocenters. The van der Waals surface area contributed by atoms with Gasteiger partial charge in [0.25, 0.3) is 17.7 Å². The van der Waals surface area contributed by atoms with E-state index in [1.54, 1.807) is 9.80 Å². The number of aromatic nitrogens is 6. The zero-order chi connectivity index (χ0) is 65.6. The molecule has 3 aromatic rings. The lowest BCUT2D eigenvalue weighted by atomic mass is 9.68. The molecule has 0 aromatic carbocycles. The van der Waals surface area contributed by atoms with Gasteiger partial charge in [-0.05, 0) is 153 Å². The van der Waals surface area contributed by atoms with Gasteiger partial charge < -0.3 is 40.5 Å². The maximum atomic E-state index is 13.8. The van der Waals surface area contributed by atoms with Gasteiger partial charge in [0.2, 0.25) is 0 Å². The van der Waals surface area contributed by atoms with Crippen molar-refractivity contribution in [2.24, 2.45) is 50.2 Å². The van der Waals surface area contributed by atoms with Gasteiger partial charge >= 0.3 is 12.2 Å². The number of hydrogen-bond donors (Lipinski definition) is 4. The van der Waals surface area contributed by atoms with Gasteiger partial charge in [0.15, 0.2) is 17.1 Å². The summed E-state index contributed by atoms with van der Waals surface area (Å²) in [5.41, 5.74) is 9.23. The summed E-state index contributed by atoms with van der Waals surface area (Å²) in [6.45, 7) is 26.9. The van der Waals surface area contributed by atoms with E-state index in [1.807, 2.05) is 6.92 Å². The number of carbonyl (C=O) groups is 5. The second-order valence-corrected chi connectivity index (χ2v) is 33.9. The molecule has 5 amide bonds. The highest BCUT2D eigenvalue weighted by molar-refractivity contribution is 5.96. The Morgan fingerprint density at radius 1 is 0.473 bits per heavy atom. The molecule has 15 rings (SSSR count). The molecule has 6 bridgehead atoms. The number of nitrogens with zero attached hydrogens (tertiary/aromatic N) is 8. The van der Waals surface area contributed by atoms with E-state index in [0.29, 0.717) is 79.8 Å². The monoisotopic (exact) mass is 1280 g/mol. The second kappa shape index (κ2) is 25.5. The SMILES string of the molecule is CC12CCC(C1)C(C)(C)C2NC(=O)c1nn(C2CCCCC2)c2c1CNCC2.CCOC(=O)N1CCc2c(c(C(=O)NC3C4(C)CCC(C4)C3(C)C)nn2C2CCCCC2)C1.COC(=O)N1CCc2c(c(C(=O)NC3C4(C)CCC(C4)C3(C)C)nn2C2CCCCC2)C1. The first-order valence-corrected chi connectivity index (χ1v) is 37.1. The fourth-order valence-electron chi connectivity index (χ4n) is 21.9. The lowest BCUT2D eigenvalue weighted by Gasteiger charge is -2.43. The number of carbonyl (C=O) groups excluding carboxylic acids is 5. The van der Waals surface area contributed by atoms with Gasteiger partial charge in [-0.3, -0.25) is 28.4 Å². The summed E-state index contributed by atoms with van der Waals surface area (Å²) in [5.74, 6) is 1.98. The Kier molecular flexibility index (Phi) is 18.2. The van der Waals surface area contributed by atoms with Crippen molar-refractivity contribution >= 4 is 29.9 Å². The van der Waals surface area contributed by atoms with Crippen LogP contribution in [0.1, 0.15) is 307 Å². The molecule has 12 aliphatic rings. The van der Waals surface area contributed by atoms with E-state index in [1.165, 1.54) is 141 Å². The predicted molar refractivity (Wildman–Crippen MR) is 358 cm³/mol. The van der Waals surface area contributed by atoms with E-state index in [4.69, 9.17) is 24.8 Å². The van der Waals surface area contributed by atoms with Crippen LogP contribution in [0.25, 0.3) is 0 Å². The smallest absolute Gasteiger partial charge is 0.410 e. The van der Waals surface area contributed by atoms with Crippen LogP contribution in [-0.2, 0) is 48.4 Å². The maximum Gasteiger partial charge on any atom is 0.410 e. The Morgan fingerprint density at radius 3 is 1.15 bits per heavy atom. The minimum Gasteiger partial charge on any atom is -0.453 e. The summed E-state index contributed by atoms with van der Waals surface area (Å²) in [6.07, 6.45) is 31.0. The molecule has 93 heavy (non-hydrogen) atoms. The standard InChI is InChI=1S/C26H40N4O3.C25H38N4O3.C23H36N4O/c1-5-33-24(32)29-14-12-20-19(16-29)21(28-30(20)18-9-7-6-8-10-18)22(31)27-23-25(2,3)17-11-13-26(23,4)15-17;1-24(2)16-10-12-25(3,14-16)22(24)26-21(30)20-18-15-28(23(31)32-4)13-11-19(18)29(27-20)17-8-6-5-7-9-17;1-22(2)15-9-11-23(3,13-15)21(22)25-20(28)19-17-14-24-12-10-18(17)27(26-19)16-7-5-4-6-8-16/h17-18,23H,5-16H2,1-4H3,(H,27,31);16-17,22H,5-15H2,1-4H3,(H,26,30);15-16,21,24H,4-14H2,1-3H3,(H,25,28). The van der Waals surface area contributed by atoms with Crippen molar-refractivity contribution in [3.8, 4) is 0 Å². The number of amides is 5. The Labute approximate surface area is 554 Å². The van der Waals surface area contributed by atoms with Gasteiger partial charge in [-0.2, -0.15) is 15.3 Å². The Hall–Kier alpha value is -5.46. The third-order valence-corrected chi connectivity index (χ3v) is 27.1. The summed E-state index contributed by atoms with van der Waals surface area (Å²) in [7, 11) is 1.41. The van der Waals surface area contributed by atoms with Gasteiger partial charge in [0.05, 0.1) is 44.9 Å². The van der Waals surface area contributed by atoms with Crippen molar-refractivity contribution < 1.29 is 33.4 Å². The summed E-state index contributed by atoms with van der Waals surface area (Å²) < 4.78 is 16.8. The number of rotatable bonds is 10. The summed E-state index contributed by atoms with van der Waals surface area (Å²) in [4.78, 5) is 69.0. The molecule has 9 fully saturated rings. The van der Waals surface area contributed by atoms with Gasteiger partial charge in [0, 0.05) is 97.3 Å². The quantitative estimate of drug-likeness (QED) is 0.150. The predicted octanol–water partition coefficient (Wildman–Crippen LogP) is 13.3. The lowest BCUT2D eigenvalue weighted by molar-refractivity contribution is 0.0726. The van der Waals surface area contributed by atoms with Crippen LogP contribution in [0.4, 0.5) is 9.59 Å². The molecule has 19 heteroatoms. The first kappa shape index (κ1) is 66.2. The van der Waals surface area contributed by atoms with Crippen molar-refractivity contribution in [2.75, 3.05) is 33.4 Å². The lowest BCUT2D eigenvalue weighted by Crippen LogP contribution is -2.52. The normalized spacial score (nSPS) is 32.1. The van der Waals surface area contributed by atoms with Crippen LogP contribution >= 0.6 is 0 Å². The van der Waals surface area contributed by atoms with Crippen LogP contribution < -0.4 is 21.3 Å². The van der Waals surface area contributed by atoms with Crippen molar-refractivity contribution in [3.63, 3.8) is 0 Å². The highest BCUT2D eigenvalue weighted by Crippen LogP contribution is 2.65. The van der Waals surface area contributed by atoms with Crippen molar-refractivity contribution in [2.45, 2.75) is 298 Å². The van der Waals surface area contributed by atoms with Crippen molar-refractivity contribution in [3.05, 3.63) is 50.9 Å². The Balaban J connectivity index is 0.000000127. The number of hydrogen-bond acceptors (Lipinski definition) is 11. The highest BCUT2D eigenvalue weighted by Gasteiger charge is 2.62. The zero-order valence-electron chi connectivity index (χ0n) is 58.7. The van der Waals surface area contributed by atoms with E-state index in [-0.39, 0.29) is 80.5 Å². The number of fused-ring (bicyclic) bond motifs is 9. The van der Waals surface area contributed by atoms with E-state index in [0.717, 1.165) is 92.0 Å². The van der Waals surface area contributed by atoms with Crippen molar-refractivity contribution in [1.29, 1.82) is 0 Å². The Bertz CT molecular complexity index is 3290.